The first kappa shape index (κ1) is 18.4. The highest BCUT2D eigenvalue weighted by atomic mass is 32.1. The largest absolute Gasteiger partial charge is 0.467 e. The van der Waals surface area contributed by atoms with Crippen LogP contribution in [-0.4, -0.2) is 24.4 Å². The molecule has 0 aliphatic carbocycles. The minimum absolute atomic E-state index is 0.0639. The smallest absolute Gasteiger partial charge is 0.332 e. The summed E-state index contributed by atoms with van der Waals surface area (Å²) in [5.74, 6) is -0.517. The van der Waals surface area contributed by atoms with Gasteiger partial charge in [0.1, 0.15) is 5.54 Å². The number of ether oxygens (including phenoxy) is 1. The van der Waals surface area contributed by atoms with Gasteiger partial charge in [0.25, 0.3) is 0 Å². The van der Waals surface area contributed by atoms with Crippen molar-refractivity contribution in [3.63, 3.8) is 0 Å². The summed E-state index contributed by atoms with van der Waals surface area (Å²) in [5, 5.41) is 5.21. The lowest BCUT2D eigenvalue weighted by Crippen LogP contribution is -2.53. The first-order valence-electron chi connectivity index (χ1n) is 8.69. The van der Waals surface area contributed by atoms with Crippen molar-refractivity contribution in [2.24, 2.45) is 5.92 Å². The van der Waals surface area contributed by atoms with Gasteiger partial charge >= 0.3 is 5.97 Å². The van der Waals surface area contributed by atoms with Gasteiger partial charge in [0, 0.05) is 22.2 Å². The lowest BCUT2D eigenvalue weighted by Gasteiger charge is -2.35. The van der Waals surface area contributed by atoms with E-state index in [0.29, 0.717) is 17.6 Å². The third kappa shape index (κ3) is 3.19. The Hall–Kier alpha value is -2.40. The van der Waals surface area contributed by atoms with Gasteiger partial charge in [0.2, 0.25) is 0 Å². The van der Waals surface area contributed by atoms with Crippen LogP contribution in [0.25, 0.3) is 0 Å². The molecule has 0 saturated carbocycles. The van der Waals surface area contributed by atoms with Crippen LogP contribution in [0, 0.1) is 5.92 Å². The quantitative estimate of drug-likeness (QED) is 0.614. The van der Waals surface area contributed by atoms with Crippen LogP contribution in [0.3, 0.4) is 0 Å². The number of hydrogen-bond acceptors (Lipinski definition) is 5. The predicted molar refractivity (Wildman–Crippen MR) is 103 cm³/mol. The highest BCUT2D eigenvalue weighted by Gasteiger charge is 2.53. The number of rotatable bonds is 6. The Bertz CT molecular complexity index is 811. The van der Waals surface area contributed by atoms with E-state index in [1.54, 1.807) is 29.7 Å². The highest BCUT2D eigenvalue weighted by molar-refractivity contribution is 7.10. The molecule has 0 radical (unpaired) electrons. The third-order valence-corrected chi connectivity index (χ3v) is 5.63. The molecule has 2 heterocycles. The average Bonchev–Trinajstić information content (AvgIpc) is 3.28. The van der Waals surface area contributed by atoms with E-state index in [-0.39, 0.29) is 23.6 Å². The van der Waals surface area contributed by atoms with Gasteiger partial charge in [-0.25, -0.2) is 4.79 Å². The molecule has 1 aliphatic rings. The maximum absolute atomic E-state index is 13.2. The standard InChI is InChI=1S/C21H23NO3S/c1-14(2)12-21(20(24)25-3)18(17-10-7-11-26-17)16(13-22-21)19(23)15-8-5-4-6-9-15/h4-11,13-14,18,22H,12H2,1-3H3/t18-,21-/m1/s1. The second-order valence-electron chi connectivity index (χ2n) is 6.95. The number of Topliss-reactive ketones (excluding diaryl/α,β-unsaturated/α-hetero) is 1. The fraction of sp³-hybridized carbons (Fsp3) is 0.333. The first-order chi connectivity index (χ1) is 12.5. The van der Waals surface area contributed by atoms with Crippen LogP contribution in [0.1, 0.15) is 41.4 Å². The maximum Gasteiger partial charge on any atom is 0.332 e. The van der Waals surface area contributed by atoms with Crippen LogP contribution >= 0.6 is 11.3 Å². The van der Waals surface area contributed by atoms with E-state index in [2.05, 4.69) is 19.2 Å². The SMILES string of the molecule is COC(=O)[C@]1(CC(C)C)NC=C(C(=O)c2ccccc2)[C@@H]1c1cccs1. The zero-order valence-electron chi connectivity index (χ0n) is 15.2. The molecule has 2 aromatic rings. The van der Waals surface area contributed by atoms with Crippen molar-refractivity contribution in [1.82, 2.24) is 5.32 Å². The summed E-state index contributed by atoms with van der Waals surface area (Å²) in [6.45, 7) is 4.13. The number of benzene rings is 1. The Morgan fingerprint density at radius 2 is 1.92 bits per heavy atom. The van der Waals surface area contributed by atoms with E-state index < -0.39 is 5.54 Å². The molecule has 0 amide bonds. The Morgan fingerprint density at radius 1 is 1.19 bits per heavy atom. The molecule has 4 nitrogen and oxygen atoms in total. The summed E-state index contributed by atoms with van der Waals surface area (Å²) < 4.78 is 5.16. The molecule has 1 aromatic heterocycles. The second-order valence-corrected chi connectivity index (χ2v) is 7.93. The number of ketones is 1. The number of carbonyl (C=O) groups is 2. The van der Waals surface area contributed by atoms with Crippen molar-refractivity contribution in [1.29, 1.82) is 0 Å². The molecule has 136 valence electrons. The summed E-state index contributed by atoms with van der Waals surface area (Å²) in [4.78, 5) is 27.0. The number of carbonyl (C=O) groups excluding carboxylic acids is 2. The van der Waals surface area contributed by atoms with Crippen LogP contribution in [-0.2, 0) is 9.53 Å². The van der Waals surface area contributed by atoms with E-state index in [4.69, 9.17) is 4.74 Å². The van der Waals surface area contributed by atoms with E-state index in [9.17, 15) is 9.59 Å². The molecule has 5 heteroatoms. The van der Waals surface area contributed by atoms with E-state index >= 15 is 0 Å². The fourth-order valence-corrected chi connectivity index (χ4v) is 4.64. The number of hydrogen-bond donors (Lipinski definition) is 1. The first-order valence-corrected chi connectivity index (χ1v) is 9.57. The lowest BCUT2D eigenvalue weighted by atomic mass is 9.74. The summed E-state index contributed by atoms with van der Waals surface area (Å²) in [6.07, 6.45) is 2.28. The summed E-state index contributed by atoms with van der Waals surface area (Å²) >= 11 is 1.55. The Labute approximate surface area is 157 Å². The van der Waals surface area contributed by atoms with E-state index in [0.717, 1.165) is 4.88 Å². The maximum atomic E-state index is 13.2. The molecular weight excluding hydrogens is 346 g/mol. The second kappa shape index (κ2) is 7.46. The molecule has 0 unspecified atom stereocenters. The van der Waals surface area contributed by atoms with E-state index in [1.807, 2.05) is 35.7 Å². The Balaban J connectivity index is 2.09. The van der Waals surface area contributed by atoms with Crippen LogP contribution in [0.15, 0.2) is 59.6 Å². The van der Waals surface area contributed by atoms with Gasteiger partial charge in [-0.15, -0.1) is 11.3 Å². The summed E-state index contributed by atoms with van der Waals surface area (Å²) in [5.41, 5.74) is 0.255. The monoisotopic (exact) mass is 369 g/mol. The average molecular weight is 369 g/mol. The molecule has 1 aliphatic heterocycles. The third-order valence-electron chi connectivity index (χ3n) is 4.69. The topological polar surface area (TPSA) is 55.4 Å². The van der Waals surface area contributed by atoms with Crippen molar-refractivity contribution in [2.45, 2.75) is 31.7 Å². The van der Waals surface area contributed by atoms with Crippen molar-refractivity contribution in [3.05, 3.63) is 70.1 Å². The molecule has 2 atom stereocenters. The number of nitrogens with one attached hydrogen (secondary N) is 1. The van der Waals surface area contributed by atoms with Gasteiger partial charge in [-0.2, -0.15) is 0 Å². The summed E-state index contributed by atoms with van der Waals surface area (Å²) in [6, 6.07) is 13.1. The molecule has 26 heavy (non-hydrogen) atoms. The van der Waals surface area contributed by atoms with Gasteiger partial charge in [-0.3, -0.25) is 4.79 Å². The normalized spacial score (nSPS) is 22.0. The number of methoxy groups -OCH3 is 1. The Morgan fingerprint density at radius 3 is 2.50 bits per heavy atom. The molecule has 1 aromatic carbocycles. The van der Waals surface area contributed by atoms with Gasteiger partial charge in [-0.1, -0.05) is 50.2 Å². The summed E-state index contributed by atoms with van der Waals surface area (Å²) in [7, 11) is 1.40. The van der Waals surface area contributed by atoms with Crippen molar-refractivity contribution < 1.29 is 14.3 Å². The van der Waals surface area contributed by atoms with Gasteiger partial charge in [-0.05, 0) is 23.8 Å². The minimum Gasteiger partial charge on any atom is -0.467 e. The predicted octanol–water partition coefficient (Wildman–Crippen LogP) is 4.16. The van der Waals surface area contributed by atoms with Crippen LogP contribution in [0.5, 0.6) is 0 Å². The van der Waals surface area contributed by atoms with Gasteiger partial charge in [0.15, 0.2) is 5.78 Å². The number of thiophene rings is 1. The Kier molecular flexibility index (Phi) is 5.28. The molecule has 0 fully saturated rings. The van der Waals surface area contributed by atoms with E-state index in [1.165, 1.54) is 7.11 Å². The minimum atomic E-state index is -0.965. The molecular formula is C21H23NO3S. The molecule has 0 bridgehead atoms. The van der Waals surface area contributed by atoms with Gasteiger partial charge < -0.3 is 10.1 Å². The van der Waals surface area contributed by atoms with Crippen molar-refractivity contribution in [2.75, 3.05) is 7.11 Å². The fourth-order valence-electron chi connectivity index (χ4n) is 3.71. The van der Waals surface area contributed by atoms with Crippen LogP contribution < -0.4 is 5.32 Å². The van der Waals surface area contributed by atoms with Crippen LogP contribution in [0.2, 0.25) is 0 Å². The zero-order valence-corrected chi connectivity index (χ0v) is 16.0. The molecule has 3 rings (SSSR count). The number of esters is 1. The molecule has 0 spiro atoms. The molecule has 0 saturated heterocycles. The van der Waals surface area contributed by atoms with Crippen LogP contribution in [0.4, 0.5) is 0 Å². The zero-order chi connectivity index (χ0) is 18.7. The van der Waals surface area contributed by atoms with Crippen molar-refractivity contribution >= 4 is 23.1 Å². The molecule has 1 N–H and O–H groups in total. The highest BCUT2D eigenvalue weighted by Crippen LogP contribution is 2.46. The van der Waals surface area contributed by atoms with Crippen molar-refractivity contribution in [3.8, 4) is 0 Å². The van der Waals surface area contributed by atoms with Gasteiger partial charge in [0.05, 0.1) is 13.0 Å². The lowest BCUT2D eigenvalue weighted by molar-refractivity contribution is -0.149.